The van der Waals surface area contributed by atoms with Gasteiger partial charge in [-0.05, 0) is 38.2 Å². The van der Waals surface area contributed by atoms with Gasteiger partial charge in [0.1, 0.15) is 11.5 Å². The first-order chi connectivity index (χ1) is 11.9. The Hall–Kier alpha value is -1.82. The molecule has 3 heterocycles. The first-order valence-corrected chi connectivity index (χ1v) is 9.12. The van der Waals surface area contributed by atoms with Gasteiger partial charge in [0.2, 0.25) is 0 Å². The number of carboxylic acids is 1. The van der Waals surface area contributed by atoms with Gasteiger partial charge in [-0.25, -0.2) is 0 Å². The predicted octanol–water partition coefficient (Wildman–Crippen LogP) is 3.05. The molecule has 2 aliphatic heterocycles. The summed E-state index contributed by atoms with van der Waals surface area (Å²) >= 11 is 0. The number of rotatable bonds is 4. The van der Waals surface area contributed by atoms with E-state index in [1.165, 1.54) is 0 Å². The van der Waals surface area contributed by atoms with Crippen molar-refractivity contribution in [3.05, 3.63) is 23.2 Å². The molecule has 1 amide bonds. The van der Waals surface area contributed by atoms with E-state index < -0.39 is 11.9 Å². The third-order valence-corrected chi connectivity index (χ3v) is 5.48. The summed E-state index contributed by atoms with van der Waals surface area (Å²) in [6.07, 6.45) is 1.95. The molecule has 0 radical (unpaired) electrons. The number of hydrogen-bond acceptors (Lipinski definition) is 4. The lowest BCUT2D eigenvalue weighted by Crippen LogP contribution is -2.43. The predicted molar refractivity (Wildman–Crippen MR) is 91.6 cm³/mol. The van der Waals surface area contributed by atoms with Crippen LogP contribution in [0.25, 0.3) is 0 Å². The number of amides is 1. The third-order valence-electron chi connectivity index (χ3n) is 5.48. The van der Waals surface area contributed by atoms with E-state index in [9.17, 15) is 14.7 Å². The summed E-state index contributed by atoms with van der Waals surface area (Å²) < 4.78 is 11.4. The van der Waals surface area contributed by atoms with Crippen LogP contribution in [0.1, 0.15) is 60.9 Å². The summed E-state index contributed by atoms with van der Waals surface area (Å²) in [5, 5.41) is 9.33. The van der Waals surface area contributed by atoms with E-state index in [0.29, 0.717) is 37.4 Å². The van der Waals surface area contributed by atoms with Crippen LogP contribution in [0.4, 0.5) is 0 Å². The smallest absolute Gasteiger partial charge is 0.309 e. The maximum atomic E-state index is 12.8. The van der Waals surface area contributed by atoms with Crippen molar-refractivity contribution in [2.75, 3.05) is 19.7 Å². The highest BCUT2D eigenvalue weighted by Crippen LogP contribution is 2.34. The molecule has 1 N–H and O–H groups in total. The number of aliphatic carboxylic acids is 1. The van der Waals surface area contributed by atoms with Crippen molar-refractivity contribution < 1.29 is 23.8 Å². The van der Waals surface area contributed by atoms with Gasteiger partial charge < -0.3 is 19.2 Å². The highest BCUT2D eigenvalue weighted by molar-refractivity contribution is 5.95. The average molecular weight is 349 g/mol. The molecule has 0 aromatic carbocycles. The standard InChI is InChI=1S/C19H27NO5/c1-11(2)16-10-15(12(3)25-16)18(21)20-7-4-13(5-8-20)17-14(19(22)23)6-9-24-17/h10-11,13-14,17H,4-9H2,1-3H3,(H,22,23)/t14?,17-/m0/s1. The van der Waals surface area contributed by atoms with Crippen LogP contribution < -0.4 is 0 Å². The van der Waals surface area contributed by atoms with Crippen LogP contribution >= 0.6 is 0 Å². The van der Waals surface area contributed by atoms with E-state index in [2.05, 4.69) is 0 Å². The minimum atomic E-state index is -0.767. The maximum absolute atomic E-state index is 12.8. The highest BCUT2D eigenvalue weighted by atomic mass is 16.5. The zero-order valence-electron chi connectivity index (χ0n) is 15.2. The first-order valence-electron chi connectivity index (χ1n) is 9.12. The van der Waals surface area contributed by atoms with E-state index in [4.69, 9.17) is 9.15 Å². The van der Waals surface area contributed by atoms with Gasteiger partial charge in [0.15, 0.2) is 0 Å². The molecule has 0 saturated carbocycles. The SMILES string of the molecule is Cc1oc(C(C)C)cc1C(=O)N1CCC([C@@H]2OCCC2C(=O)O)CC1. The number of hydrogen-bond donors (Lipinski definition) is 1. The number of carboxylic acid groups (broad SMARTS) is 1. The first kappa shape index (κ1) is 18.0. The van der Waals surface area contributed by atoms with Gasteiger partial charge in [-0.1, -0.05) is 13.8 Å². The van der Waals surface area contributed by atoms with Gasteiger partial charge in [-0.3, -0.25) is 9.59 Å². The minimum Gasteiger partial charge on any atom is -0.481 e. The Morgan fingerprint density at radius 1 is 1.24 bits per heavy atom. The lowest BCUT2D eigenvalue weighted by molar-refractivity contribution is -0.145. The van der Waals surface area contributed by atoms with Crippen molar-refractivity contribution in [3.63, 3.8) is 0 Å². The summed E-state index contributed by atoms with van der Waals surface area (Å²) in [6.45, 7) is 7.70. The van der Waals surface area contributed by atoms with Crippen LogP contribution in [0.15, 0.2) is 10.5 Å². The lowest BCUT2D eigenvalue weighted by Gasteiger charge is -2.35. The van der Waals surface area contributed by atoms with E-state index in [1.54, 1.807) is 0 Å². The van der Waals surface area contributed by atoms with Gasteiger partial charge in [-0.2, -0.15) is 0 Å². The van der Waals surface area contributed by atoms with Crippen LogP contribution in [0.2, 0.25) is 0 Å². The van der Waals surface area contributed by atoms with E-state index in [0.717, 1.165) is 18.6 Å². The number of likely N-dealkylation sites (tertiary alicyclic amines) is 1. The molecule has 2 fully saturated rings. The second-order valence-corrected chi connectivity index (χ2v) is 7.47. The Morgan fingerprint density at radius 2 is 1.92 bits per heavy atom. The lowest BCUT2D eigenvalue weighted by atomic mass is 9.84. The molecule has 2 aliphatic rings. The summed E-state index contributed by atoms with van der Waals surface area (Å²) in [5.74, 6) is 0.796. The van der Waals surface area contributed by atoms with Crippen LogP contribution in [0, 0.1) is 18.8 Å². The van der Waals surface area contributed by atoms with Crippen molar-refractivity contribution >= 4 is 11.9 Å². The number of carbonyl (C=O) groups excluding carboxylic acids is 1. The highest BCUT2D eigenvalue weighted by Gasteiger charge is 2.41. The monoisotopic (exact) mass is 349 g/mol. The fraction of sp³-hybridized carbons (Fsp3) is 0.684. The van der Waals surface area contributed by atoms with Gasteiger partial charge in [0, 0.05) is 25.6 Å². The maximum Gasteiger partial charge on any atom is 0.309 e. The molecule has 2 saturated heterocycles. The Morgan fingerprint density at radius 3 is 2.48 bits per heavy atom. The van der Waals surface area contributed by atoms with Crippen LogP contribution in [-0.2, 0) is 9.53 Å². The van der Waals surface area contributed by atoms with E-state index >= 15 is 0 Å². The second-order valence-electron chi connectivity index (χ2n) is 7.47. The molecule has 3 rings (SSSR count). The molecule has 0 spiro atoms. The summed E-state index contributed by atoms with van der Waals surface area (Å²) in [5.41, 5.74) is 0.641. The second kappa shape index (κ2) is 7.20. The van der Waals surface area contributed by atoms with Crippen molar-refractivity contribution in [1.82, 2.24) is 4.90 Å². The zero-order valence-corrected chi connectivity index (χ0v) is 15.2. The summed E-state index contributed by atoms with van der Waals surface area (Å²) in [7, 11) is 0. The molecule has 6 nitrogen and oxygen atoms in total. The fourth-order valence-electron chi connectivity index (χ4n) is 3.94. The molecular formula is C19H27NO5. The Kier molecular flexibility index (Phi) is 5.18. The quantitative estimate of drug-likeness (QED) is 0.904. The number of piperidine rings is 1. The largest absolute Gasteiger partial charge is 0.481 e. The zero-order chi connectivity index (χ0) is 18.1. The summed E-state index contributed by atoms with van der Waals surface area (Å²) in [6, 6.07) is 1.86. The topological polar surface area (TPSA) is 80.0 Å². The van der Waals surface area contributed by atoms with Crippen LogP contribution in [-0.4, -0.2) is 47.7 Å². The molecule has 0 aliphatic carbocycles. The van der Waals surface area contributed by atoms with Gasteiger partial charge in [-0.15, -0.1) is 0 Å². The van der Waals surface area contributed by atoms with Gasteiger partial charge in [0.25, 0.3) is 5.91 Å². The Bertz CT molecular complexity index is 642. The van der Waals surface area contributed by atoms with Crippen LogP contribution in [0.5, 0.6) is 0 Å². The molecule has 2 atom stereocenters. The van der Waals surface area contributed by atoms with E-state index in [1.807, 2.05) is 31.7 Å². The average Bonchev–Trinajstić information content (AvgIpc) is 3.21. The molecule has 0 bridgehead atoms. The normalized spacial score (nSPS) is 24.9. The van der Waals surface area contributed by atoms with Gasteiger partial charge in [0.05, 0.1) is 17.6 Å². The molecule has 1 aromatic rings. The molecule has 6 heteroatoms. The molecule has 1 aromatic heterocycles. The summed E-state index contributed by atoms with van der Waals surface area (Å²) in [4.78, 5) is 26.0. The van der Waals surface area contributed by atoms with Crippen molar-refractivity contribution in [3.8, 4) is 0 Å². The molecular weight excluding hydrogens is 322 g/mol. The third kappa shape index (κ3) is 3.59. The van der Waals surface area contributed by atoms with Crippen molar-refractivity contribution in [1.29, 1.82) is 0 Å². The van der Waals surface area contributed by atoms with Crippen molar-refractivity contribution in [2.24, 2.45) is 11.8 Å². The number of furan rings is 1. The molecule has 25 heavy (non-hydrogen) atoms. The van der Waals surface area contributed by atoms with Crippen molar-refractivity contribution in [2.45, 2.75) is 52.1 Å². The van der Waals surface area contributed by atoms with Crippen LogP contribution in [0.3, 0.4) is 0 Å². The number of aryl methyl sites for hydroxylation is 1. The number of nitrogens with zero attached hydrogens (tertiary/aromatic N) is 1. The number of carbonyl (C=O) groups is 2. The fourth-order valence-corrected chi connectivity index (χ4v) is 3.94. The number of ether oxygens (including phenoxy) is 1. The Labute approximate surface area is 148 Å². The minimum absolute atomic E-state index is 0.00808. The van der Waals surface area contributed by atoms with Gasteiger partial charge >= 0.3 is 5.97 Å². The molecule has 1 unspecified atom stereocenters. The van der Waals surface area contributed by atoms with E-state index in [-0.39, 0.29) is 23.8 Å². The molecule has 138 valence electrons. The Balaban J connectivity index is 1.62.